The number of imidazole rings is 1. The SMILES string of the molecule is Cc1ncc2sc(C(=O)CC(c3ccc(Cl)cc3)C3CC3)nn12. The summed E-state index contributed by atoms with van der Waals surface area (Å²) >= 11 is 7.39. The molecule has 6 heteroatoms. The molecule has 1 unspecified atom stereocenters. The van der Waals surface area contributed by atoms with Crippen molar-refractivity contribution in [2.75, 3.05) is 0 Å². The molecule has 0 spiro atoms. The van der Waals surface area contributed by atoms with Crippen LogP contribution in [-0.4, -0.2) is 20.4 Å². The highest BCUT2D eigenvalue weighted by atomic mass is 35.5. The molecule has 0 radical (unpaired) electrons. The molecule has 1 aliphatic carbocycles. The van der Waals surface area contributed by atoms with Gasteiger partial charge >= 0.3 is 0 Å². The van der Waals surface area contributed by atoms with Crippen LogP contribution in [0.15, 0.2) is 30.5 Å². The van der Waals surface area contributed by atoms with Crippen LogP contribution in [0.2, 0.25) is 5.02 Å². The van der Waals surface area contributed by atoms with Crippen LogP contribution in [0.3, 0.4) is 0 Å². The molecule has 118 valence electrons. The van der Waals surface area contributed by atoms with Crippen LogP contribution in [0, 0.1) is 12.8 Å². The van der Waals surface area contributed by atoms with Gasteiger partial charge in [0, 0.05) is 11.4 Å². The largest absolute Gasteiger partial charge is 0.291 e. The van der Waals surface area contributed by atoms with E-state index in [1.54, 1.807) is 10.7 Å². The molecule has 1 atom stereocenters. The van der Waals surface area contributed by atoms with Gasteiger partial charge in [-0.3, -0.25) is 4.79 Å². The topological polar surface area (TPSA) is 47.3 Å². The van der Waals surface area contributed by atoms with Crippen molar-refractivity contribution in [1.82, 2.24) is 14.6 Å². The van der Waals surface area contributed by atoms with E-state index in [0.717, 1.165) is 15.7 Å². The minimum absolute atomic E-state index is 0.116. The molecule has 23 heavy (non-hydrogen) atoms. The second kappa shape index (κ2) is 5.73. The van der Waals surface area contributed by atoms with Crippen LogP contribution >= 0.6 is 22.9 Å². The summed E-state index contributed by atoms with van der Waals surface area (Å²) in [5.41, 5.74) is 1.20. The molecule has 1 aliphatic rings. The molecule has 0 amide bonds. The molecular formula is C17H16ClN3OS. The zero-order valence-corrected chi connectivity index (χ0v) is 14.3. The first kappa shape index (κ1) is 14.8. The number of benzene rings is 1. The molecule has 0 saturated heterocycles. The summed E-state index contributed by atoms with van der Waals surface area (Å²) in [6.07, 6.45) is 4.67. The fourth-order valence-corrected chi connectivity index (χ4v) is 3.99. The monoisotopic (exact) mass is 345 g/mol. The Bertz CT molecular complexity index is 864. The maximum Gasteiger partial charge on any atom is 0.193 e. The average molecular weight is 346 g/mol. The van der Waals surface area contributed by atoms with Crippen molar-refractivity contribution in [3.63, 3.8) is 0 Å². The van der Waals surface area contributed by atoms with E-state index in [-0.39, 0.29) is 11.7 Å². The molecule has 0 aliphatic heterocycles. The number of carbonyl (C=O) groups is 1. The molecule has 2 aromatic heterocycles. The molecule has 4 rings (SSSR count). The smallest absolute Gasteiger partial charge is 0.193 e. The van der Waals surface area contributed by atoms with Crippen molar-refractivity contribution < 1.29 is 4.79 Å². The second-order valence-electron chi connectivity index (χ2n) is 6.09. The minimum atomic E-state index is 0.116. The molecule has 1 aromatic carbocycles. The van der Waals surface area contributed by atoms with Crippen LogP contribution in [0.1, 0.15) is 46.4 Å². The number of rotatable bonds is 5. The van der Waals surface area contributed by atoms with Gasteiger partial charge in [-0.05, 0) is 49.3 Å². The fraction of sp³-hybridized carbons (Fsp3) is 0.353. The molecule has 3 aromatic rings. The van der Waals surface area contributed by atoms with E-state index in [9.17, 15) is 4.79 Å². The van der Waals surface area contributed by atoms with E-state index in [4.69, 9.17) is 11.6 Å². The lowest BCUT2D eigenvalue weighted by atomic mass is 9.89. The number of aryl methyl sites for hydroxylation is 1. The number of Topliss-reactive ketones (excluding diaryl/α,β-unsaturated/α-hetero) is 1. The van der Waals surface area contributed by atoms with Crippen LogP contribution in [0.25, 0.3) is 4.83 Å². The van der Waals surface area contributed by atoms with Crippen molar-refractivity contribution in [1.29, 1.82) is 0 Å². The highest BCUT2D eigenvalue weighted by molar-refractivity contribution is 7.18. The Labute approximate surface area is 143 Å². The zero-order chi connectivity index (χ0) is 16.0. The lowest BCUT2D eigenvalue weighted by Gasteiger charge is -2.15. The summed E-state index contributed by atoms with van der Waals surface area (Å²) in [5, 5.41) is 5.72. The highest BCUT2D eigenvalue weighted by Gasteiger charge is 2.34. The lowest BCUT2D eigenvalue weighted by Crippen LogP contribution is -2.10. The van der Waals surface area contributed by atoms with Gasteiger partial charge in [0.25, 0.3) is 0 Å². The van der Waals surface area contributed by atoms with Gasteiger partial charge < -0.3 is 0 Å². The Morgan fingerprint density at radius 3 is 2.78 bits per heavy atom. The number of aromatic nitrogens is 3. The van der Waals surface area contributed by atoms with Crippen LogP contribution in [-0.2, 0) is 0 Å². The molecule has 1 fully saturated rings. The Kier molecular flexibility index (Phi) is 3.70. The van der Waals surface area contributed by atoms with Crippen molar-refractivity contribution in [3.8, 4) is 0 Å². The van der Waals surface area contributed by atoms with Gasteiger partial charge in [-0.15, -0.1) is 0 Å². The number of hydrogen-bond donors (Lipinski definition) is 0. The number of halogens is 1. The number of carbonyl (C=O) groups excluding carboxylic acids is 1. The third-order valence-electron chi connectivity index (χ3n) is 4.40. The normalized spacial score (nSPS) is 15.9. The minimum Gasteiger partial charge on any atom is -0.291 e. The molecule has 0 N–H and O–H groups in total. The van der Waals surface area contributed by atoms with Gasteiger partial charge in [-0.2, -0.15) is 5.10 Å². The summed E-state index contributed by atoms with van der Waals surface area (Å²) in [6.45, 7) is 1.89. The molecule has 2 heterocycles. The van der Waals surface area contributed by atoms with Crippen molar-refractivity contribution in [2.45, 2.75) is 32.1 Å². The fourth-order valence-electron chi connectivity index (χ4n) is 2.98. The number of hydrogen-bond acceptors (Lipinski definition) is 4. The molecule has 0 bridgehead atoms. The van der Waals surface area contributed by atoms with Crippen molar-refractivity contribution >= 4 is 33.6 Å². The Morgan fingerprint density at radius 1 is 1.39 bits per heavy atom. The van der Waals surface area contributed by atoms with Gasteiger partial charge in [0.15, 0.2) is 10.8 Å². The van der Waals surface area contributed by atoms with Gasteiger partial charge in [0.1, 0.15) is 10.7 Å². The Morgan fingerprint density at radius 2 is 2.13 bits per heavy atom. The average Bonchev–Trinajstić information content (AvgIpc) is 3.20. The van der Waals surface area contributed by atoms with Gasteiger partial charge in [-0.25, -0.2) is 9.50 Å². The third-order valence-corrected chi connectivity index (χ3v) is 5.64. The van der Waals surface area contributed by atoms with E-state index in [1.807, 2.05) is 31.2 Å². The highest BCUT2D eigenvalue weighted by Crippen LogP contribution is 2.45. The van der Waals surface area contributed by atoms with Crippen LogP contribution in [0.5, 0.6) is 0 Å². The van der Waals surface area contributed by atoms with Gasteiger partial charge in [0.2, 0.25) is 0 Å². The summed E-state index contributed by atoms with van der Waals surface area (Å²) in [6, 6.07) is 7.89. The van der Waals surface area contributed by atoms with Crippen molar-refractivity contribution in [2.24, 2.45) is 5.92 Å². The van der Waals surface area contributed by atoms with E-state index >= 15 is 0 Å². The van der Waals surface area contributed by atoms with E-state index in [2.05, 4.69) is 10.1 Å². The van der Waals surface area contributed by atoms with E-state index in [1.165, 1.54) is 29.7 Å². The van der Waals surface area contributed by atoms with Gasteiger partial charge in [-0.1, -0.05) is 35.1 Å². The summed E-state index contributed by atoms with van der Waals surface area (Å²) in [5.74, 6) is 1.80. The van der Waals surface area contributed by atoms with E-state index in [0.29, 0.717) is 17.3 Å². The van der Waals surface area contributed by atoms with Gasteiger partial charge in [0.05, 0.1) is 6.20 Å². The number of fused-ring (bicyclic) bond motifs is 1. The number of ketones is 1. The standard InChI is InChI=1S/C17H16ClN3OS/c1-10-19-9-16-21(10)20-17(23-16)15(22)8-14(11-2-3-11)12-4-6-13(18)7-5-12/h4-7,9,11,14H,2-3,8H2,1H3. The Hall–Kier alpha value is -1.72. The first-order chi connectivity index (χ1) is 11.1. The molecule has 4 nitrogen and oxygen atoms in total. The maximum absolute atomic E-state index is 12.7. The Balaban J connectivity index is 1.58. The predicted octanol–water partition coefficient (Wildman–Crippen LogP) is 4.52. The van der Waals surface area contributed by atoms with Crippen LogP contribution in [0.4, 0.5) is 0 Å². The summed E-state index contributed by atoms with van der Waals surface area (Å²) in [4.78, 5) is 17.8. The second-order valence-corrected chi connectivity index (χ2v) is 7.53. The predicted molar refractivity (Wildman–Crippen MR) is 91.5 cm³/mol. The molecule has 1 saturated carbocycles. The van der Waals surface area contributed by atoms with Crippen LogP contribution < -0.4 is 0 Å². The maximum atomic E-state index is 12.7. The number of nitrogens with zero attached hydrogens (tertiary/aromatic N) is 3. The lowest BCUT2D eigenvalue weighted by molar-refractivity contribution is 0.0969. The van der Waals surface area contributed by atoms with E-state index < -0.39 is 0 Å². The zero-order valence-electron chi connectivity index (χ0n) is 12.7. The summed E-state index contributed by atoms with van der Waals surface area (Å²) in [7, 11) is 0. The first-order valence-corrected chi connectivity index (χ1v) is 8.91. The third kappa shape index (κ3) is 2.91. The summed E-state index contributed by atoms with van der Waals surface area (Å²) < 4.78 is 1.74. The quantitative estimate of drug-likeness (QED) is 0.639. The first-order valence-electron chi connectivity index (χ1n) is 7.71. The molecular weight excluding hydrogens is 330 g/mol. The van der Waals surface area contributed by atoms with Crippen molar-refractivity contribution in [3.05, 3.63) is 51.9 Å².